The van der Waals surface area contributed by atoms with E-state index < -0.39 is 5.38 Å². The summed E-state index contributed by atoms with van der Waals surface area (Å²) in [6.45, 7) is 1.88. The molecule has 0 spiro atoms. The van der Waals surface area contributed by atoms with E-state index in [1.165, 1.54) is 11.3 Å². The normalized spacial score (nSPS) is 12.6. The average molecular weight is 205 g/mol. The number of hydrogen-bond donors (Lipinski definition) is 1. The molecule has 1 rings (SSSR count). The van der Waals surface area contributed by atoms with Gasteiger partial charge in [0.2, 0.25) is 5.91 Å². The summed E-state index contributed by atoms with van der Waals surface area (Å²) in [5.74, 6) is -0.220. The van der Waals surface area contributed by atoms with Crippen molar-refractivity contribution in [1.82, 2.24) is 10.3 Å². The number of nitrogens with one attached hydrogen (secondary N) is 1. The maximum atomic E-state index is 11.0. The lowest BCUT2D eigenvalue weighted by atomic mass is 10.3. The Kier molecular flexibility index (Phi) is 3.05. The summed E-state index contributed by atoms with van der Waals surface area (Å²) < 4.78 is 0. The lowest BCUT2D eigenvalue weighted by Crippen LogP contribution is -2.22. The molecule has 1 heterocycles. The van der Waals surface area contributed by atoms with E-state index in [1.54, 1.807) is 12.4 Å². The van der Waals surface area contributed by atoms with Crippen LogP contribution in [0.1, 0.15) is 16.1 Å². The van der Waals surface area contributed by atoms with E-state index >= 15 is 0 Å². The second-order valence-corrected chi connectivity index (χ2v) is 3.77. The van der Waals surface area contributed by atoms with Crippen molar-refractivity contribution < 1.29 is 4.79 Å². The maximum absolute atomic E-state index is 11.0. The van der Waals surface area contributed by atoms with Gasteiger partial charge in [0, 0.05) is 12.4 Å². The minimum absolute atomic E-state index is 0.220. The molecule has 1 aromatic heterocycles. The van der Waals surface area contributed by atoms with E-state index in [0.717, 1.165) is 5.01 Å². The maximum Gasteiger partial charge on any atom is 0.243 e. The number of rotatable bonds is 2. The first kappa shape index (κ1) is 9.48. The van der Waals surface area contributed by atoms with Crippen molar-refractivity contribution in [2.24, 2.45) is 0 Å². The number of nitrogens with zero attached hydrogens (tertiary/aromatic N) is 1. The van der Waals surface area contributed by atoms with E-state index in [2.05, 4.69) is 10.3 Å². The van der Waals surface area contributed by atoms with Gasteiger partial charge in [-0.2, -0.15) is 0 Å². The molecule has 0 bridgehead atoms. The molecular weight excluding hydrogens is 196 g/mol. The van der Waals surface area contributed by atoms with Gasteiger partial charge < -0.3 is 5.32 Å². The van der Waals surface area contributed by atoms with Crippen molar-refractivity contribution >= 4 is 28.8 Å². The van der Waals surface area contributed by atoms with Gasteiger partial charge in [-0.05, 0) is 6.92 Å². The summed E-state index contributed by atoms with van der Waals surface area (Å²) in [4.78, 5) is 15.1. The van der Waals surface area contributed by atoms with Gasteiger partial charge >= 0.3 is 0 Å². The monoisotopic (exact) mass is 204 g/mol. The summed E-state index contributed by atoms with van der Waals surface area (Å²) in [5, 5.41) is 4.51. The predicted octanol–water partition coefficient (Wildman–Crippen LogP) is 1.48. The zero-order chi connectivity index (χ0) is 9.14. The van der Waals surface area contributed by atoms with Crippen molar-refractivity contribution in [3.05, 3.63) is 16.1 Å². The van der Waals surface area contributed by atoms with Gasteiger partial charge in [-0.15, -0.1) is 22.9 Å². The highest BCUT2D eigenvalue weighted by Crippen LogP contribution is 2.21. The number of hydrogen-bond acceptors (Lipinski definition) is 3. The van der Waals surface area contributed by atoms with Crippen LogP contribution in [0.15, 0.2) is 5.38 Å². The third-order valence-corrected chi connectivity index (χ3v) is 2.59. The highest BCUT2D eigenvalue weighted by Gasteiger charge is 2.18. The van der Waals surface area contributed by atoms with Crippen molar-refractivity contribution in [3.8, 4) is 0 Å². The molecule has 0 fully saturated rings. The molecule has 1 aromatic rings. The lowest BCUT2D eigenvalue weighted by molar-refractivity contribution is -0.120. The van der Waals surface area contributed by atoms with Crippen molar-refractivity contribution in [3.63, 3.8) is 0 Å². The molecule has 0 aliphatic rings. The van der Waals surface area contributed by atoms with Crippen LogP contribution >= 0.6 is 22.9 Å². The number of alkyl halides is 1. The third kappa shape index (κ3) is 1.95. The fraction of sp³-hybridized carbons (Fsp3) is 0.429. The van der Waals surface area contributed by atoms with E-state index in [9.17, 15) is 4.79 Å². The second kappa shape index (κ2) is 3.87. The number of amides is 1. The number of likely N-dealkylation sites (N-methyl/N-ethyl adjacent to an activating group) is 1. The van der Waals surface area contributed by atoms with E-state index in [1.807, 2.05) is 6.92 Å². The van der Waals surface area contributed by atoms with Crippen LogP contribution in [-0.4, -0.2) is 17.9 Å². The standard InChI is InChI=1S/C7H9ClN2OS/c1-4-10-5(3-12-4)6(8)7(11)9-2/h3,6H,1-2H3,(H,9,11). The SMILES string of the molecule is CNC(=O)C(Cl)c1csc(C)n1. The van der Waals surface area contributed by atoms with Gasteiger partial charge in [-0.25, -0.2) is 4.98 Å². The summed E-state index contributed by atoms with van der Waals surface area (Å²) >= 11 is 7.29. The van der Waals surface area contributed by atoms with Crippen molar-refractivity contribution in [1.29, 1.82) is 0 Å². The van der Waals surface area contributed by atoms with E-state index in [-0.39, 0.29) is 5.91 Å². The molecule has 0 aromatic carbocycles. The van der Waals surface area contributed by atoms with Crippen LogP contribution in [0.3, 0.4) is 0 Å². The van der Waals surface area contributed by atoms with Crippen LogP contribution in [-0.2, 0) is 4.79 Å². The minimum Gasteiger partial charge on any atom is -0.358 e. The number of halogens is 1. The molecule has 1 atom stereocenters. The van der Waals surface area contributed by atoms with Crippen LogP contribution in [0, 0.1) is 6.92 Å². The highest BCUT2D eigenvalue weighted by atomic mass is 35.5. The molecular formula is C7H9ClN2OS. The Bertz CT molecular complexity index is 287. The molecule has 0 saturated heterocycles. The van der Waals surface area contributed by atoms with Crippen LogP contribution < -0.4 is 5.32 Å². The fourth-order valence-electron chi connectivity index (χ4n) is 0.758. The first-order valence-electron chi connectivity index (χ1n) is 3.43. The smallest absolute Gasteiger partial charge is 0.243 e. The molecule has 0 aliphatic carbocycles. The molecule has 5 heteroatoms. The summed E-state index contributed by atoms with van der Waals surface area (Å²) in [5.41, 5.74) is 0.624. The molecule has 0 radical (unpaired) electrons. The summed E-state index contributed by atoms with van der Waals surface area (Å²) in [6.07, 6.45) is 0. The third-order valence-electron chi connectivity index (χ3n) is 1.37. The van der Waals surface area contributed by atoms with Gasteiger partial charge in [0.1, 0.15) is 0 Å². The zero-order valence-corrected chi connectivity index (χ0v) is 8.37. The van der Waals surface area contributed by atoms with Gasteiger partial charge in [0.15, 0.2) is 5.38 Å². The Labute approximate surface area is 79.8 Å². The number of aromatic nitrogens is 1. The van der Waals surface area contributed by atoms with Crippen LogP contribution in [0.5, 0.6) is 0 Å². The van der Waals surface area contributed by atoms with Crippen molar-refractivity contribution in [2.45, 2.75) is 12.3 Å². The van der Waals surface area contributed by atoms with Crippen LogP contribution in [0.4, 0.5) is 0 Å². The molecule has 3 nitrogen and oxygen atoms in total. The number of carbonyl (C=O) groups is 1. The molecule has 12 heavy (non-hydrogen) atoms. The highest BCUT2D eigenvalue weighted by molar-refractivity contribution is 7.09. The quantitative estimate of drug-likeness (QED) is 0.742. The topological polar surface area (TPSA) is 42.0 Å². The zero-order valence-electron chi connectivity index (χ0n) is 6.80. The second-order valence-electron chi connectivity index (χ2n) is 2.27. The predicted molar refractivity (Wildman–Crippen MR) is 49.5 cm³/mol. The molecule has 66 valence electrons. The van der Waals surface area contributed by atoms with Gasteiger partial charge in [0.05, 0.1) is 10.7 Å². The van der Waals surface area contributed by atoms with Gasteiger partial charge in [0.25, 0.3) is 0 Å². The fourth-order valence-corrected chi connectivity index (χ4v) is 1.69. The molecule has 0 aliphatic heterocycles. The van der Waals surface area contributed by atoms with Crippen LogP contribution in [0.2, 0.25) is 0 Å². The number of aryl methyl sites for hydroxylation is 1. The molecule has 1 N–H and O–H groups in total. The average Bonchev–Trinajstić information content (AvgIpc) is 2.49. The lowest BCUT2D eigenvalue weighted by Gasteiger charge is -2.02. The molecule has 1 amide bonds. The Morgan fingerprint density at radius 3 is 2.92 bits per heavy atom. The Morgan fingerprint density at radius 2 is 2.50 bits per heavy atom. The molecule has 1 unspecified atom stereocenters. The number of carbonyl (C=O) groups excluding carboxylic acids is 1. The molecule has 0 saturated carbocycles. The van der Waals surface area contributed by atoms with E-state index in [4.69, 9.17) is 11.6 Å². The first-order chi connectivity index (χ1) is 5.65. The van der Waals surface area contributed by atoms with Crippen molar-refractivity contribution in [2.75, 3.05) is 7.05 Å². The van der Waals surface area contributed by atoms with Gasteiger partial charge in [-0.1, -0.05) is 0 Å². The Balaban J connectivity index is 2.77. The van der Waals surface area contributed by atoms with Crippen LogP contribution in [0.25, 0.3) is 0 Å². The number of thiazole rings is 1. The Hall–Kier alpha value is -0.610. The Morgan fingerprint density at radius 1 is 1.83 bits per heavy atom. The summed E-state index contributed by atoms with van der Waals surface area (Å²) in [6, 6.07) is 0. The first-order valence-corrected chi connectivity index (χ1v) is 4.74. The summed E-state index contributed by atoms with van der Waals surface area (Å²) in [7, 11) is 1.55. The van der Waals surface area contributed by atoms with E-state index in [0.29, 0.717) is 5.69 Å². The largest absolute Gasteiger partial charge is 0.358 e. The minimum atomic E-state index is -0.667. The van der Waals surface area contributed by atoms with Gasteiger partial charge in [-0.3, -0.25) is 4.79 Å².